The van der Waals surface area contributed by atoms with E-state index in [2.05, 4.69) is 42.1 Å². The highest BCUT2D eigenvalue weighted by molar-refractivity contribution is 7.99. The largest absolute Gasteiger partial charge is 0.399 e. The molecule has 0 atom stereocenters. The normalized spacial score (nSPS) is 11.2. The summed E-state index contributed by atoms with van der Waals surface area (Å²) in [6.07, 6.45) is 4.26. The second-order valence-corrected chi connectivity index (χ2v) is 6.10. The zero-order chi connectivity index (χ0) is 12.3. The van der Waals surface area contributed by atoms with Crippen LogP contribution in [0.15, 0.2) is 29.3 Å². The van der Waals surface area contributed by atoms with E-state index >= 15 is 0 Å². The molecule has 2 rings (SSSR count). The molecule has 0 bridgehead atoms. The predicted octanol–water partition coefficient (Wildman–Crippen LogP) is 3.70. The molecular formula is C13H18N2S2. The van der Waals surface area contributed by atoms with Crippen molar-refractivity contribution in [2.24, 2.45) is 0 Å². The fourth-order valence-corrected chi connectivity index (χ4v) is 3.21. The van der Waals surface area contributed by atoms with Gasteiger partial charge in [0.15, 0.2) is 0 Å². The van der Waals surface area contributed by atoms with Crippen LogP contribution in [0.5, 0.6) is 0 Å². The molecule has 0 fully saturated rings. The summed E-state index contributed by atoms with van der Waals surface area (Å²) >= 11 is 3.73. The first kappa shape index (κ1) is 12.7. The summed E-state index contributed by atoms with van der Waals surface area (Å²) < 4.78 is 2.30. The number of aromatic nitrogens is 1. The molecule has 2 N–H and O–H groups in total. The number of benzene rings is 1. The maximum atomic E-state index is 5.95. The van der Waals surface area contributed by atoms with Crippen LogP contribution in [0, 0.1) is 0 Å². The molecule has 0 aliphatic heterocycles. The van der Waals surface area contributed by atoms with Crippen molar-refractivity contribution in [1.82, 2.24) is 4.57 Å². The van der Waals surface area contributed by atoms with E-state index in [1.165, 1.54) is 21.6 Å². The van der Waals surface area contributed by atoms with Gasteiger partial charge in [-0.1, -0.05) is 6.92 Å². The number of thioether (sulfide) groups is 2. The van der Waals surface area contributed by atoms with Crippen LogP contribution < -0.4 is 5.73 Å². The van der Waals surface area contributed by atoms with Gasteiger partial charge >= 0.3 is 0 Å². The molecule has 1 heterocycles. The van der Waals surface area contributed by atoms with Crippen molar-refractivity contribution < 1.29 is 0 Å². The number of rotatable bonds is 5. The Balaban J connectivity index is 2.35. The lowest BCUT2D eigenvalue weighted by molar-refractivity contribution is 0.807. The van der Waals surface area contributed by atoms with Gasteiger partial charge in [-0.2, -0.15) is 11.8 Å². The van der Waals surface area contributed by atoms with Gasteiger partial charge in [0.2, 0.25) is 0 Å². The van der Waals surface area contributed by atoms with Gasteiger partial charge in [0, 0.05) is 34.5 Å². The lowest BCUT2D eigenvalue weighted by Crippen LogP contribution is -1.99. The van der Waals surface area contributed by atoms with E-state index in [1.807, 2.05) is 11.8 Å². The topological polar surface area (TPSA) is 30.9 Å². The summed E-state index contributed by atoms with van der Waals surface area (Å²) in [4.78, 5) is 1.27. The average Bonchev–Trinajstić information content (AvgIpc) is 2.72. The summed E-state index contributed by atoms with van der Waals surface area (Å²) in [5.74, 6) is 2.33. The Kier molecular flexibility index (Phi) is 4.29. The smallest absolute Gasteiger partial charge is 0.0512 e. The highest BCUT2D eigenvalue weighted by Gasteiger charge is 2.06. The Hall–Kier alpha value is -0.740. The number of nitrogens with two attached hydrogens (primary N) is 1. The van der Waals surface area contributed by atoms with Gasteiger partial charge in [-0.25, -0.2) is 0 Å². The van der Waals surface area contributed by atoms with Crippen molar-refractivity contribution >= 4 is 40.1 Å². The predicted molar refractivity (Wildman–Crippen MR) is 81.1 cm³/mol. The first-order valence-electron chi connectivity index (χ1n) is 5.76. The van der Waals surface area contributed by atoms with Crippen LogP contribution >= 0.6 is 23.5 Å². The van der Waals surface area contributed by atoms with Crippen LogP contribution in [0.4, 0.5) is 5.69 Å². The average molecular weight is 266 g/mol. The number of hydrogen-bond donors (Lipinski definition) is 1. The van der Waals surface area contributed by atoms with Gasteiger partial charge in [0.25, 0.3) is 0 Å². The third-order valence-corrected chi connectivity index (χ3v) is 4.43. The molecule has 0 saturated heterocycles. The van der Waals surface area contributed by atoms with Gasteiger partial charge in [-0.05, 0) is 30.2 Å². The van der Waals surface area contributed by atoms with Crippen LogP contribution in [0.1, 0.15) is 6.92 Å². The summed E-state index contributed by atoms with van der Waals surface area (Å²) in [6.45, 7) is 3.25. The Morgan fingerprint density at radius 3 is 2.88 bits per heavy atom. The summed E-state index contributed by atoms with van der Waals surface area (Å²) in [5, 5.41) is 1.31. The second kappa shape index (κ2) is 5.74. The fraction of sp³-hybridized carbons (Fsp3) is 0.385. The lowest BCUT2D eigenvalue weighted by atomic mass is 10.2. The van der Waals surface area contributed by atoms with Crippen LogP contribution in [-0.2, 0) is 6.54 Å². The quantitative estimate of drug-likeness (QED) is 0.508. The highest BCUT2D eigenvalue weighted by Crippen LogP contribution is 2.30. The maximum absolute atomic E-state index is 5.95. The van der Waals surface area contributed by atoms with E-state index in [0.29, 0.717) is 0 Å². The third kappa shape index (κ3) is 2.75. The number of nitrogens with zero attached hydrogens (tertiary/aromatic N) is 1. The number of fused-ring (bicyclic) bond motifs is 1. The van der Waals surface area contributed by atoms with E-state index in [9.17, 15) is 0 Å². The maximum Gasteiger partial charge on any atom is 0.0512 e. The molecule has 92 valence electrons. The van der Waals surface area contributed by atoms with E-state index in [-0.39, 0.29) is 0 Å². The Bertz CT molecular complexity index is 505. The summed E-state index contributed by atoms with van der Waals surface area (Å²) in [7, 11) is 0. The van der Waals surface area contributed by atoms with E-state index in [0.717, 1.165) is 18.0 Å². The van der Waals surface area contributed by atoms with E-state index < -0.39 is 0 Å². The van der Waals surface area contributed by atoms with Crippen LogP contribution in [0.2, 0.25) is 0 Å². The Morgan fingerprint density at radius 2 is 2.18 bits per heavy atom. The van der Waals surface area contributed by atoms with Crippen molar-refractivity contribution in [3.8, 4) is 0 Å². The zero-order valence-electron chi connectivity index (χ0n) is 10.3. The van der Waals surface area contributed by atoms with E-state index in [4.69, 9.17) is 5.73 Å². The minimum Gasteiger partial charge on any atom is -0.399 e. The highest BCUT2D eigenvalue weighted by atomic mass is 32.2. The van der Waals surface area contributed by atoms with Crippen LogP contribution in [0.3, 0.4) is 0 Å². The van der Waals surface area contributed by atoms with Gasteiger partial charge in [0.05, 0.1) is 5.52 Å². The number of anilines is 1. The summed E-state index contributed by atoms with van der Waals surface area (Å²) in [5.41, 5.74) is 8.06. The molecule has 0 saturated carbocycles. The molecular weight excluding hydrogens is 248 g/mol. The standard InChI is InChI=1S/C13H18N2S2/c1-3-17-7-6-15-5-4-11-12(15)8-10(14)9-13(11)16-2/h4-5,8-9H,3,6-7,14H2,1-2H3. The summed E-state index contributed by atoms with van der Waals surface area (Å²) in [6, 6.07) is 6.32. The molecule has 4 heteroatoms. The molecule has 1 aromatic heterocycles. The first-order valence-corrected chi connectivity index (χ1v) is 8.14. The van der Waals surface area contributed by atoms with Gasteiger partial charge < -0.3 is 10.3 Å². The van der Waals surface area contributed by atoms with Crippen molar-refractivity contribution in [2.45, 2.75) is 18.4 Å². The zero-order valence-corrected chi connectivity index (χ0v) is 11.9. The molecule has 17 heavy (non-hydrogen) atoms. The number of hydrogen-bond acceptors (Lipinski definition) is 3. The molecule has 0 unspecified atom stereocenters. The van der Waals surface area contributed by atoms with Crippen molar-refractivity contribution in [3.05, 3.63) is 24.4 Å². The van der Waals surface area contributed by atoms with Crippen molar-refractivity contribution in [1.29, 1.82) is 0 Å². The SMILES string of the molecule is CCSCCn1ccc2c(SC)cc(N)cc21. The van der Waals surface area contributed by atoms with E-state index in [1.54, 1.807) is 11.8 Å². The minimum atomic E-state index is 0.852. The Morgan fingerprint density at radius 1 is 1.35 bits per heavy atom. The second-order valence-electron chi connectivity index (χ2n) is 3.86. The lowest BCUT2D eigenvalue weighted by Gasteiger charge is -2.07. The van der Waals surface area contributed by atoms with Gasteiger partial charge in [-0.3, -0.25) is 0 Å². The van der Waals surface area contributed by atoms with Crippen molar-refractivity contribution in [3.63, 3.8) is 0 Å². The van der Waals surface area contributed by atoms with Crippen LogP contribution in [-0.4, -0.2) is 22.3 Å². The molecule has 0 spiro atoms. The van der Waals surface area contributed by atoms with Gasteiger partial charge in [-0.15, -0.1) is 11.8 Å². The minimum absolute atomic E-state index is 0.852. The number of nitrogen functional groups attached to an aromatic ring is 1. The molecule has 2 aromatic rings. The monoisotopic (exact) mass is 266 g/mol. The number of aryl methyl sites for hydroxylation is 1. The Labute approximate surface area is 111 Å². The molecule has 0 aliphatic carbocycles. The molecule has 0 aliphatic rings. The van der Waals surface area contributed by atoms with Crippen LogP contribution in [0.25, 0.3) is 10.9 Å². The third-order valence-electron chi connectivity index (χ3n) is 2.77. The van der Waals surface area contributed by atoms with Gasteiger partial charge in [0.1, 0.15) is 0 Å². The first-order chi connectivity index (χ1) is 8.26. The molecule has 0 radical (unpaired) electrons. The van der Waals surface area contributed by atoms with Crippen molar-refractivity contribution in [2.75, 3.05) is 23.5 Å². The molecule has 2 nitrogen and oxygen atoms in total. The fourth-order valence-electron chi connectivity index (χ4n) is 1.95. The molecule has 0 amide bonds. The molecule has 1 aromatic carbocycles.